The van der Waals surface area contributed by atoms with Crippen molar-refractivity contribution in [1.82, 2.24) is 4.90 Å². The molecule has 16 heavy (non-hydrogen) atoms. The number of likely N-dealkylation sites (tertiary alicyclic amines) is 1. The largest absolute Gasteiger partial charge is 0.322 e. The van der Waals surface area contributed by atoms with Crippen LogP contribution >= 0.6 is 0 Å². The van der Waals surface area contributed by atoms with Crippen LogP contribution in [0.5, 0.6) is 0 Å². The van der Waals surface area contributed by atoms with Crippen molar-refractivity contribution < 1.29 is 9.59 Å². The fraction of sp³-hybridized carbons (Fsp3) is 0.333. The number of carbonyl (C=O) groups is 2. The Kier molecular flexibility index (Phi) is 3.01. The molecule has 4 nitrogen and oxygen atoms in total. The van der Waals surface area contributed by atoms with Crippen molar-refractivity contribution in [3.05, 3.63) is 35.9 Å². The van der Waals surface area contributed by atoms with Gasteiger partial charge in [-0.05, 0) is 5.56 Å². The van der Waals surface area contributed by atoms with Gasteiger partial charge in [0.1, 0.15) is 0 Å². The number of nitrogens with zero attached hydrogens (tertiary/aromatic N) is 1. The second kappa shape index (κ2) is 4.45. The fourth-order valence-corrected chi connectivity index (χ4v) is 1.83. The summed E-state index contributed by atoms with van der Waals surface area (Å²) in [5.74, 6) is -0.229. The van der Waals surface area contributed by atoms with Crippen molar-refractivity contribution in [1.29, 1.82) is 0 Å². The SMILES string of the molecule is NC(CN1C(=O)CCC1=O)c1ccccc1. The number of carbonyl (C=O) groups excluding carboxylic acids is 2. The van der Waals surface area contributed by atoms with Crippen molar-refractivity contribution in [2.75, 3.05) is 6.54 Å². The summed E-state index contributed by atoms with van der Waals surface area (Å²) in [7, 11) is 0. The zero-order valence-electron chi connectivity index (χ0n) is 8.93. The minimum atomic E-state index is -0.299. The molecule has 0 aromatic heterocycles. The third-order valence-electron chi connectivity index (χ3n) is 2.76. The standard InChI is InChI=1S/C12H14N2O2/c13-10(9-4-2-1-3-5-9)8-14-11(15)6-7-12(14)16/h1-5,10H,6-8,13H2. The van der Waals surface area contributed by atoms with E-state index in [9.17, 15) is 9.59 Å². The molecular weight excluding hydrogens is 204 g/mol. The Morgan fingerprint density at radius 2 is 1.69 bits per heavy atom. The molecule has 1 aromatic rings. The van der Waals surface area contributed by atoms with Gasteiger partial charge in [0.25, 0.3) is 0 Å². The lowest BCUT2D eigenvalue weighted by atomic mass is 10.1. The molecule has 1 fully saturated rings. The second-order valence-corrected chi connectivity index (χ2v) is 3.92. The maximum absolute atomic E-state index is 11.4. The highest BCUT2D eigenvalue weighted by Gasteiger charge is 2.30. The molecule has 0 aliphatic carbocycles. The third-order valence-corrected chi connectivity index (χ3v) is 2.76. The second-order valence-electron chi connectivity index (χ2n) is 3.92. The van der Waals surface area contributed by atoms with Crippen LogP contribution in [0.2, 0.25) is 0 Å². The van der Waals surface area contributed by atoms with E-state index in [4.69, 9.17) is 5.73 Å². The molecule has 84 valence electrons. The molecule has 1 atom stereocenters. The summed E-state index contributed by atoms with van der Waals surface area (Å²) in [5.41, 5.74) is 6.89. The van der Waals surface area contributed by atoms with E-state index in [1.165, 1.54) is 4.90 Å². The Morgan fingerprint density at radius 1 is 1.12 bits per heavy atom. The smallest absolute Gasteiger partial charge is 0.229 e. The zero-order valence-corrected chi connectivity index (χ0v) is 8.93. The molecule has 2 amide bonds. The molecule has 2 N–H and O–H groups in total. The predicted octanol–water partition coefficient (Wildman–Crippen LogP) is 0.835. The highest BCUT2D eigenvalue weighted by molar-refractivity contribution is 6.01. The Labute approximate surface area is 94.0 Å². The van der Waals surface area contributed by atoms with Crippen LogP contribution in [-0.4, -0.2) is 23.3 Å². The van der Waals surface area contributed by atoms with Crippen LogP contribution in [0, 0.1) is 0 Å². The van der Waals surface area contributed by atoms with E-state index in [1.54, 1.807) is 0 Å². The van der Waals surface area contributed by atoms with Crippen LogP contribution in [0.4, 0.5) is 0 Å². The molecule has 1 unspecified atom stereocenters. The van der Waals surface area contributed by atoms with Gasteiger partial charge in [-0.1, -0.05) is 30.3 Å². The molecule has 1 heterocycles. The van der Waals surface area contributed by atoms with Crippen LogP contribution in [0.25, 0.3) is 0 Å². The van der Waals surface area contributed by atoms with E-state index in [0.29, 0.717) is 12.8 Å². The van der Waals surface area contributed by atoms with Crippen molar-refractivity contribution >= 4 is 11.8 Å². The lowest BCUT2D eigenvalue weighted by molar-refractivity contribution is -0.138. The number of benzene rings is 1. The Balaban J connectivity index is 2.05. The Hall–Kier alpha value is -1.68. The fourth-order valence-electron chi connectivity index (χ4n) is 1.83. The maximum Gasteiger partial charge on any atom is 0.229 e. The number of hydrogen-bond acceptors (Lipinski definition) is 3. The van der Waals surface area contributed by atoms with Gasteiger partial charge >= 0.3 is 0 Å². The maximum atomic E-state index is 11.4. The predicted molar refractivity (Wildman–Crippen MR) is 59.3 cm³/mol. The molecule has 2 rings (SSSR count). The molecule has 0 radical (unpaired) electrons. The van der Waals surface area contributed by atoms with Gasteiger partial charge in [0.15, 0.2) is 0 Å². The monoisotopic (exact) mass is 218 g/mol. The van der Waals surface area contributed by atoms with Crippen LogP contribution in [0.3, 0.4) is 0 Å². The van der Waals surface area contributed by atoms with Gasteiger partial charge in [-0.3, -0.25) is 14.5 Å². The first kappa shape index (κ1) is 10.8. The van der Waals surface area contributed by atoms with E-state index >= 15 is 0 Å². The minimum absolute atomic E-state index is 0.114. The van der Waals surface area contributed by atoms with E-state index in [2.05, 4.69) is 0 Å². The molecule has 0 saturated carbocycles. The quantitative estimate of drug-likeness (QED) is 0.764. The van der Waals surface area contributed by atoms with Crippen molar-refractivity contribution in [2.24, 2.45) is 5.73 Å². The lowest BCUT2D eigenvalue weighted by Crippen LogP contribution is -2.35. The number of imide groups is 1. The van der Waals surface area contributed by atoms with E-state index in [1.807, 2.05) is 30.3 Å². The van der Waals surface area contributed by atoms with E-state index < -0.39 is 0 Å². The summed E-state index contributed by atoms with van der Waals surface area (Å²) >= 11 is 0. The van der Waals surface area contributed by atoms with Crippen LogP contribution in [-0.2, 0) is 9.59 Å². The first-order valence-corrected chi connectivity index (χ1v) is 5.32. The van der Waals surface area contributed by atoms with Crippen molar-refractivity contribution in [2.45, 2.75) is 18.9 Å². The number of amides is 2. The molecule has 1 aliphatic heterocycles. The zero-order chi connectivity index (χ0) is 11.5. The Morgan fingerprint density at radius 3 is 2.25 bits per heavy atom. The molecule has 0 bridgehead atoms. The van der Waals surface area contributed by atoms with Gasteiger partial charge in [-0.15, -0.1) is 0 Å². The van der Waals surface area contributed by atoms with Crippen LogP contribution in [0.1, 0.15) is 24.4 Å². The summed E-state index contributed by atoms with van der Waals surface area (Å²) in [4.78, 5) is 24.1. The molecule has 1 aliphatic rings. The summed E-state index contributed by atoms with van der Waals surface area (Å²) in [5, 5.41) is 0. The first-order chi connectivity index (χ1) is 7.68. The topological polar surface area (TPSA) is 63.4 Å². The highest BCUT2D eigenvalue weighted by atomic mass is 16.2. The van der Waals surface area contributed by atoms with Gasteiger partial charge in [0.05, 0.1) is 0 Å². The first-order valence-electron chi connectivity index (χ1n) is 5.32. The van der Waals surface area contributed by atoms with Gasteiger partial charge in [-0.2, -0.15) is 0 Å². The highest BCUT2D eigenvalue weighted by Crippen LogP contribution is 2.17. The Bertz CT molecular complexity index is 387. The summed E-state index contributed by atoms with van der Waals surface area (Å²) in [6, 6.07) is 9.19. The van der Waals surface area contributed by atoms with Gasteiger partial charge in [0, 0.05) is 25.4 Å². The van der Waals surface area contributed by atoms with E-state index in [0.717, 1.165) is 5.56 Å². The average molecular weight is 218 g/mol. The van der Waals surface area contributed by atoms with Crippen molar-refractivity contribution in [3.63, 3.8) is 0 Å². The van der Waals surface area contributed by atoms with Crippen LogP contribution < -0.4 is 5.73 Å². The summed E-state index contributed by atoms with van der Waals surface area (Å²) in [6.07, 6.45) is 0.640. The molecule has 0 spiro atoms. The summed E-state index contributed by atoms with van der Waals surface area (Å²) in [6.45, 7) is 0.279. The molecular formula is C12H14N2O2. The van der Waals surface area contributed by atoms with Gasteiger partial charge in [0.2, 0.25) is 11.8 Å². The van der Waals surface area contributed by atoms with E-state index in [-0.39, 0.29) is 24.4 Å². The number of nitrogens with two attached hydrogens (primary N) is 1. The average Bonchev–Trinajstić information content (AvgIpc) is 2.62. The van der Waals surface area contributed by atoms with Crippen LogP contribution in [0.15, 0.2) is 30.3 Å². The summed E-state index contributed by atoms with van der Waals surface area (Å²) < 4.78 is 0. The normalized spacial score (nSPS) is 17.9. The van der Waals surface area contributed by atoms with Gasteiger partial charge in [-0.25, -0.2) is 0 Å². The third kappa shape index (κ3) is 2.12. The molecule has 1 aromatic carbocycles. The van der Waals surface area contributed by atoms with Crippen molar-refractivity contribution in [3.8, 4) is 0 Å². The molecule has 1 saturated heterocycles. The number of hydrogen-bond donors (Lipinski definition) is 1. The minimum Gasteiger partial charge on any atom is -0.322 e. The lowest BCUT2D eigenvalue weighted by Gasteiger charge is -2.19. The molecule has 4 heteroatoms. The van der Waals surface area contributed by atoms with Gasteiger partial charge < -0.3 is 5.73 Å². The number of rotatable bonds is 3.